The lowest BCUT2D eigenvalue weighted by molar-refractivity contribution is -0.116. The summed E-state index contributed by atoms with van der Waals surface area (Å²) in [6, 6.07) is 5.73. The van der Waals surface area contributed by atoms with E-state index in [1.54, 1.807) is 0 Å². The van der Waals surface area contributed by atoms with Crippen LogP contribution >= 0.6 is 15.9 Å². The zero-order valence-corrected chi connectivity index (χ0v) is 16.5. The van der Waals surface area contributed by atoms with Crippen LogP contribution in [0.2, 0.25) is 0 Å². The molecule has 0 bridgehead atoms. The van der Waals surface area contributed by atoms with Gasteiger partial charge in [-0.15, -0.1) is 6.42 Å². The van der Waals surface area contributed by atoms with Gasteiger partial charge in [0.05, 0.1) is 4.47 Å². The van der Waals surface area contributed by atoms with E-state index in [2.05, 4.69) is 27.2 Å². The number of hydrogen-bond acceptors (Lipinski definition) is 4. The smallest absolute Gasteiger partial charge is 0.161 e. The van der Waals surface area contributed by atoms with Crippen LogP contribution in [0.15, 0.2) is 45.2 Å². The van der Waals surface area contributed by atoms with Crippen molar-refractivity contribution in [2.24, 2.45) is 0 Å². The van der Waals surface area contributed by atoms with Gasteiger partial charge in [0.15, 0.2) is 11.6 Å². The van der Waals surface area contributed by atoms with Crippen molar-refractivity contribution in [3.63, 3.8) is 0 Å². The van der Waals surface area contributed by atoms with Crippen LogP contribution < -0.4 is 10.1 Å². The van der Waals surface area contributed by atoms with Gasteiger partial charge >= 0.3 is 0 Å². The third-order valence-electron chi connectivity index (χ3n) is 5.39. The zero-order chi connectivity index (χ0) is 19.0. The first-order valence-electron chi connectivity index (χ1n) is 9.25. The highest BCUT2D eigenvalue weighted by atomic mass is 79.9. The first kappa shape index (κ1) is 18.1. The predicted molar refractivity (Wildman–Crippen MR) is 106 cm³/mol. The first-order chi connectivity index (χ1) is 13.1. The van der Waals surface area contributed by atoms with Crippen molar-refractivity contribution < 1.29 is 14.3 Å². The Labute approximate surface area is 167 Å². The average molecular weight is 426 g/mol. The van der Waals surface area contributed by atoms with Gasteiger partial charge in [0.2, 0.25) is 0 Å². The molecule has 27 heavy (non-hydrogen) atoms. The fraction of sp³-hybridized carbons (Fsp3) is 0.364. The van der Waals surface area contributed by atoms with E-state index in [-0.39, 0.29) is 24.1 Å². The molecule has 1 N–H and O–H groups in total. The third kappa shape index (κ3) is 3.23. The fourth-order valence-corrected chi connectivity index (χ4v) is 4.76. The van der Waals surface area contributed by atoms with Crippen molar-refractivity contribution in [3.8, 4) is 18.1 Å². The maximum atomic E-state index is 12.8. The van der Waals surface area contributed by atoms with E-state index < -0.39 is 0 Å². The highest BCUT2D eigenvalue weighted by molar-refractivity contribution is 9.10. The van der Waals surface area contributed by atoms with Crippen LogP contribution in [-0.2, 0) is 9.59 Å². The molecule has 5 heteroatoms. The molecule has 138 valence electrons. The molecule has 3 aliphatic rings. The van der Waals surface area contributed by atoms with Crippen molar-refractivity contribution in [1.29, 1.82) is 0 Å². The lowest BCUT2D eigenvalue weighted by Crippen LogP contribution is -2.36. The zero-order valence-electron chi connectivity index (χ0n) is 14.9. The molecular formula is C22H20BrNO3. The summed E-state index contributed by atoms with van der Waals surface area (Å²) < 4.78 is 6.30. The molecule has 0 spiro atoms. The van der Waals surface area contributed by atoms with Gasteiger partial charge in [0.25, 0.3) is 0 Å². The molecule has 0 saturated heterocycles. The number of ketones is 2. The largest absolute Gasteiger partial charge is 0.480 e. The second-order valence-electron chi connectivity index (χ2n) is 7.08. The van der Waals surface area contributed by atoms with Crippen molar-refractivity contribution in [1.82, 2.24) is 5.32 Å². The average Bonchev–Trinajstić information content (AvgIpc) is 2.66. The summed E-state index contributed by atoms with van der Waals surface area (Å²) in [5, 5.41) is 3.43. The van der Waals surface area contributed by atoms with Gasteiger partial charge < -0.3 is 10.1 Å². The Morgan fingerprint density at radius 1 is 1.07 bits per heavy atom. The van der Waals surface area contributed by atoms with Gasteiger partial charge in [-0.05, 0) is 59.3 Å². The van der Waals surface area contributed by atoms with E-state index in [0.717, 1.165) is 58.3 Å². The van der Waals surface area contributed by atoms with Gasteiger partial charge in [0, 0.05) is 41.3 Å². The second kappa shape index (κ2) is 7.36. The standard InChI is InChI=1S/C22H20BrNO3/c1-2-11-27-19-10-9-13(12-14(19)23)20-21-15(5-3-7-17(21)25)24-16-6-4-8-18(26)22(16)20/h1,9-10,12,20,24H,3-8,11H2. The van der Waals surface area contributed by atoms with Gasteiger partial charge in [-0.1, -0.05) is 12.0 Å². The predicted octanol–water partition coefficient (Wildman–Crippen LogP) is 4.16. The van der Waals surface area contributed by atoms with Crippen LogP contribution in [-0.4, -0.2) is 18.2 Å². The van der Waals surface area contributed by atoms with Crippen molar-refractivity contribution in [3.05, 3.63) is 50.8 Å². The number of benzene rings is 1. The van der Waals surface area contributed by atoms with Crippen molar-refractivity contribution in [2.45, 2.75) is 44.4 Å². The van der Waals surface area contributed by atoms with Crippen LogP contribution in [0.4, 0.5) is 0 Å². The first-order valence-corrected chi connectivity index (χ1v) is 10.0. The topological polar surface area (TPSA) is 55.4 Å². The summed E-state index contributed by atoms with van der Waals surface area (Å²) >= 11 is 3.54. The van der Waals surface area contributed by atoms with Crippen molar-refractivity contribution >= 4 is 27.5 Å². The van der Waals surface area contributed by atoms with E-state index in [4.69, 9.17) is 11.2 Å². The Balaban J connectivity index is 1.82. The lowest BCUT2D eigenvalue weighted by atomic mass is 9.71. The molecule has 4 nitrogen and oxygen atoms in total. The summed E-state index contributed by atoms with van der Waals surface area (Å²) in [6.45, 7) is 0.187. The lowest BCUT2D eigenvalue weighted by Gasteiger charge is -2.37. The van der Waals surface area contributed by atoms with Crippen LogP contribution in [0.1, 0.15) is 50.0 Å². The highest BCUT2D eigenvalue weighted by Crippen LogP contribution is 2.46. The number of rotatable bonds is 3. The van der Waals surface area contributed by atoms with E-state index in [0.29, 0.717) is 18.6 Å². The molecule has 1 aromatic carbocycles. The Kier molecular flexibility index (Phi) is 4.92. The Morgan fingerprint density at radius 2 is 1.70 bits per heavy atom. The SMILES string of the molecule is C#CCOc1ccc(C2C3=C(CCCC3=O)NC3=C2C(=O)CCC3)cc1Br. The van der Waals surface area contributed by atoms with E-state index in [9.17, 15) is 9.59 Å². The maximum absolute atomic E-state index is 12.8. The number of dihydropyridines is 1. The van der Waals surface area contributed by atoms with Crippen LogP contribution in [0.5, 0.6) is 5.75 Å². The van der Waals surface area contributed by atoms with Crippen LogP contribution in [0.25, 0.3) is 0 Å². The third-order valence-corrected chi connectivity index (χ3v) is 6.01. The molecule has 0 amide bonds. The monoisotopic (exact) mass is 425 g/mol. The number of carbonyl (C=O) groups excluding carboxylic acids is 2. The Morgan fingerprint density at radius 3 is 2.26 bits per heavy atom. The number of terminal acetylenes is 1. The van der Waals surface area contributed by atoms with Gasteiger partial charge in [-0.2, -0.15) is 0 Å². The molecule has 0 saturated carbocycles. The van der Waals surface area contributed by atoms with E-state index in [1.807, 2.05) is 18.2 Å². The highest BCUT2D eigenvalue weighted by Gasteiger charge is 2.40. The number of ether oxygens (including phenoxy) is 1. The van der Waals surface area contributed by atoms with Gasteiger partial charge in [-0.25, -0.2) is 0 Å². The molecule has 1 aliphatic heterocycles. The summed E-state index contributed by atoms with van der Waals surface area (Å²) in [7, 11) is 0. The summed E-state index contributed by atoms with van der Waals surface area (Å²) in [6.07, 6.45) is 9.77. The minimum absolute atomic E-state index is 0.141. The molecule has 4 rings (SSSR count). The molecule has 0 unspecified atom stereocenters. The normalized spacial score (nSPS) is 20.0. The molecule has 0 atom stereocenters. The second-order valence-corrected chi connectivity index (χ2v) is 7.93. The number of hydrogen-bond donors (Lipinski definition) is 1. The number of allylic oxidation sites excluding steroid dienone is 4. The summed E-state index contributed by atoms with van der Waals surface area (Å²) in [5.41, 5.74) is 4.45. The maximum Gasteiger partial charge on any atom is 0.161 e. The Hall–Kier alpha value is -2.32. The Bertz CT molecular complexity index is 893. The van der Waals surface area contributed by atoms with Gasteiger partial charge in [-0.3, -0.25) is 9.59 Å². The molecule has 2 aliphatic carbocycles. The van der Waals surface area contributed by atoms with Gasteiger partial charge in [0.1, 0.15) is 12.4 Å². The molecule has 1 heterocycles. The molecule has 0 aromatic heterocycles. The number of halogens is 1. The van der Waals surface area contributed by atoms with Crippen LogP contribution in [0, 0.1) is 12.3 Å². The molecule has 0 radical (unpaired) electrons. The fourth-order valence-electron chi connectivity index (χ4n) is 4.25. The molecule has 0 fully saturated rings. The van der Waals surface area contributed by atoms with E-state index >= 15 is 0 Å². The van der Waals surface area contributed by atoms with Crippen LogP contribution in [0.3, 0.4) is 0 Å². The summed E-state index contributed by atoms with van der Waals surface area (Å²) in [5.74, 6) is 3.09. The minimum atomic E-state index is -0.296. The quantitative estimate of drug-likeness (QED) is 0.738. The summed E-state index contributed by atoms with van der Waals surface area (Å²) in [4.78, 5) is 25.6. The number of carbonyl (C=O) groups is 2. The number of nitrogens with one attached hydrogen (secondary N) is 1. The van der Waals surface area contributed by atoms with E-state index in [1.165, 1.54) is 0 Å². The van der Waals surface area contributed by atoms with Crippen molar-refractivity contribution in [2.75, 3.05) is 6.61 Å². The molecule has 1 aromatic rings. The molecular weight excluding hydrogens is 406 g/mol. The number of Topliss-reactive ketones (excluding diaryl/α,β-unsaturated/α-hetero) is 2. The minimum Gasteiger partial charge on any atom is -0.480 e.